The molecular formula is C26H42ClN3O4. The first-order valence-corrected chi connectivity index (χ1v) is 13.2. The van der Waals surface area contributed by atoms with Gasteiger partial charge in [0.2, 0.25) is 0 Å². The van der Waals surface area contributed by atoms with Crippen LogP contribution in [0, 0.1) is 5.92 Å². The second-order valence-corrected chi connectivity index (χ2v) is 10.2. The average molecular weight is 496 g/mol. The minimum atomic E-state index is -1.05. The summed E-state index contributed by atoms with van der Waals surface area (Å²) in [5.41, 5.74) is 5.75. The number of nitrogens with one attached hydrogen (secondary N) is 1. The summed E-state index contributed by atoms with van der Waals surface area (Å²) in [7, 11) is 1.69. The average Bonchev–Trinajstić information content (AvgIpc) is 2.86. The van der Waals surface area contributed by atoms with Crippen LogP contribution in [-0.2, 0) is 15.1 Å². The number of nitrogens with two attached hydrogens (primary N) is 1. The van der Waals surface area contributed by atoms with Crippen molar-refractivity contribution in [2.45, 2.75) is 75.5 Å². The largest absolute Gasteiger partial charge is 0.385 e. The van der Waals surface area contributed by atoms with E-state index in [9.17, 15) is 9.90 Å². The number of amides is 2. The van der Waals surface area contributed by atoms with Crippen molar-refractivity contribution in [1.29, 1.82) is 0 Å². The van der Waals surface area contributed by atoms with Gasteiger partial charge in [0.25, 0.3) is 0 Å². The zero-order valence-electron chi connectivity index (χ0n) is 20.5. The summed E-state index contributed by atoms with van der Waals surface area (Å²) < 4.78 is 11.0. The molecule has 0 saturated carbocycles. The highest BCUT2D eigenvalue weighted by Gasteiger charge is 2.41. The molecule has 2 aliphatic heterocycles. The van der Waals surface area contributed by atoms with E-state index in [0.717, 1.165) is 63.5 Å². The third-order valence-corrected chi connectivity index (χ3v) is 7.53. The molecule has 1 aromatic rings. The van der Waals surface area contributed by atoms with Crippen LogP contribution in [0.1, 0.15) is 63.4 Å². The Labute approximate surface area is 209 Å². The highest BCUT2D eigenvalue weighted by molar-refractivity contribution is 6.30. The Bertz CT molecular complexity index is 761. The Morgan fingerprint density at radius 2 is 2.21 bits per heavy atom. The molecule has 192 valence electrons. The van der Waals surface area contributed by atoms with Crippen LogP contribution >= 0.6 is 11.6 Å². The molecule has 7 nitrogen and oxygen atoms in total. The van der Waals surface area contributed by atoms with Crippen LogP contribution in [0.15, 0.2) is 24.3 Å². The molecule has 0 radical (unpaired) electrons. The number of unbranched alkanes of at least 4 members (excludes halogenated alkanes) is 1. The Kier molecular flexibility index (Phi) is 10.9. The van der Waals surface area contributed by atoms with E-state index in [4.69, 9.17) is 26.8 Å². The summed E-state index contributed by atoms with van der Waals surface area (Å²) in [6.07, 6.45) is 8.19. The number of methoxy groups -OCH3 is 1. The lowest BCUT2D eigenvalue weighted by Crippen LogP contribution is -2.54. The number of aliphatic hydroxyl groups is 1. The Morgan fingerprint density at radius 1 is 1.35 bits per heavy atom. The van der Waals surface area contributed by atoms with Gasteiger partial charge in [-0.25, -0.2) is 4.79 Å². The number of carbonyl (C=O) groups excluding carboxylic acids is 1. The van der Waals surface area contributed by atoms with E-state index in [2.05, 4.69) is 5.32 Å². The van der Waals surface area contributed by atoms with E-state index in [1.54, 1.807) is 7.11 Å². The number of benzene rings is 1. The molecule has 2 heterocycles. The minimum absolute atomic E-state index is 0.0778. The molecule has 4 atom stereocenters. The van der Waals surface area contributed by atoms with Gasteiger partial charge in [0.1, 0.15) is 0 Å². The zero-order valence-corrected chi connectivity index (χ0v) is 21.3. The molecule has 2 saturated heterocycles. The number of piperidine rings is 1. The van der Waals surface area contributed by atoms with Crippen molar-refractivity contribution in [1.82, 2.24) is 10.2 Å². The number of carbonyl (C=O) groups is 1. The molecule has 1 aromatic carbocycles. The van der Waals surface area contributed by atoms with Gasteiger partial charge in [0.15, 0.2) is 0 Å². The smallest absolute Gasteiger partial charge is 0.317 e. The molecule has 2 aliphatic rings. The van der Waals surface area contributed by atoms with E-state index >= 15 is 0 Å². The summed E-state index contributed by atoms with van der Waals surface area (Å²) in [4.78, 5) is 15.0. The molecule has 4 N–H and O–H groups in total. The molecule has 0 spiro atoms. The molecule has 34 heavy (non-hydrogen) atoms. The molecule has 0 aromatic heterocycles. The number of urea groups is 1. The van der Waals surface area contributed by atoms with Gasteiger partial charge in [0, 0.05) is 56.9 Å². The third-order valence-electron chi connectivity index (χ3n) is 7.30. The number of ether oxygens (including phenoxy) is 2. The normalized spacial score (nSPS) is 23.8. The van der Waals surface area contributed by atoms with E-state index < -0.39 is 5.60 Å². The van der Waals surface area contributed by atoms with Crippen LogP contribution < -0.4 is 11.1 Å². The van der Waals surface area contributed by atoms with Crippen LogP contribution in [0.3, 0.4) is 0 Å². The molecule has 3 rings (SSSR count). The summed E-state index contributed by atoms with van der Waals surface area (Å²) in [6.45, 7) is 3.01. The standard InChI is InChI=1S/C26H42ClN3O4/c1-33-14-5-3-12-26(32,20-8-6-10-22(27)16-20)21-9-7-13-30(19-21)25(31)29-23(18-28)17-24-11-2-4-15-34-24/h6,8,10,16,21,23-24,32H,2-5,7,9,11-15,17-19,28H2,1H3,(H,29,31). The van der Waals surface area contributed by atoms with E-state index in [1.165, 1.54) is 0 Å². The van der Waals surface area contributed by atoms with Crippen molar-refractivity contribution in [3.05, 3.63) is 34.9 Å². The van der Waals surface area contributed by atoms with Gasteiger partial charge in [-0.15, -0.1) is 0 Å². The SMILES string of the molecule is COCCCCC(O)(c1cccc(Cl)c1)C1CCCN(C(=O)NC(CN)CC2CCCCO2)C1. The second kappa shape index (κ2) is 13.6. The number of hydrogen-bond acceptors (Lipinski definition) is 5. The van der Waals surface area contributed by atoms with Gasteiger partial charge in [0.05, 0.1) is 11.7 Å². The summed E-state index contributed by atoms with van der Waals surface area (Å²) in [5.74, 6) is -0.0778. The van der Waals surface area contributed by atoms with Crippen LogP contribution in [-0.4, -0.2) is 68.1 Å². The molecule has 2 amide bonds. The quantitative estimate of drug-likeness (QED) is 0.402. The lowest BCUT2D eigenvalue weighted by Gasteiger charge is -2.43. The van der Waals surface area contributed by atoms with Gasteiger partial charge in [-0.2, -0.15) is 0 Å². The zero-order chi connectivity index (χ0) is 24.4. The van der Waals surface area contributed by atoms with Crippen LogP contribution in [0.25, 0.3) is 0 Å². The first kappa shape index (κ1) is 27.2. The van der Waals surface area contributed by atoms with Crippen molar-refractivity contribution in [2.75, 3.05) is 40.0 Å². The second-order valence-electron chi connectivity index (χ2n) is 9.78. The number of halogens is 1. The number of nitrogens with zero attached hydrogens (tertiary/aromatic N) is 1. The highest BCUT2D eigenvalue weighted by Crippen LogP contribution is 2.40. The van der Waals surface area contributed by atoms with Crippen LogP contribution in [0.2, 0.25) is 5.02 Å². The summed E-state index contributed by atoms with van der Waals surface area (Å²) >= 11 is 6.28. The van der Waals surface area contributed by atoms with E-state index in [0.29, 0.717) is 37.7 Å². The van der Waals surface area contributed by atoms with Gasteiger partial charge >= 0.3 is 6.03 Å². The predicted octanol–water partition coefficient (Wildman–Crippen LogP) is 4.05. The number of likely N-dealkylation sites (tertiary alicyclic amines) is 1. The van der Waals surface area contributed by atoms with Crippen molar-refractivity contribution >= 4 is 17.6 Å². The molecule has 2 fully saturated rings. The van der Waals surface area contributed by atoms with Crippen LogP contribution in [0.4, 0.5) is 4.79 Å². The Morgan fingerprint density at radius 3 is 2.91 bits per heavy atom. The van der Waals surface area contributed by atoms with Crippen molar-refractivity contribution in [3.63, 3.8) is 0 Å². The first-order chi connectivity index (χ1) is 16.5. The molecule has 0 bridgehead atoms. The highest BCUT2D eigenvalue weighted by atomic mass is 35.5. The van der Waals surface area contributed by atoms with Gasteiger partial charge in [-0.05, 0) is 75.5 Å². The fourth-order valence-corrected chi connectivity index (χ4v) is 5.52. The van der Waals surface area contributed by atoms with Crippen molar-refractivity contribution in [2.24, 2.45) is 11.7 Å². The van der Waals surface area contributed by atoms with Gasteiger partial charge < -0.3 is 30.5 Å². The lowest BCUT2D eigenvalue weighted by atomic mass is 9.74. The maximum absolute atomic E-state index is 13.2. The Balaban J connectivity index is 1.66. The van der Waals surface area contributed by atoms with Crippen molar-refractivity contribution in [3.8, 4) is 0 Å². The minimum Gasteiger partial charge on any atom is -0.385 e. The van der Waals surface area contributed by atoms with E-state index in [-0.39, 0.29) is 24.1 Å². The molecule has 0 aliphatic carbocycles. The van der Waals surface area contributed by atoms with Crippen molar-refractivity contribution < 1.29 is 19.4 Å². The summed E-state index contributed by atoms with van der Waals surface area (Å²) in [5, 5.41) is 15.7. The number of rotatable bonds is 11. The molecule has 8 heteroatoms. The van der Waals surface area contributed by atoms with Gasteiger partial charge in [-0.1, -0.05) is 23.7 Å². The maximum Gasteiger partial charge on any atom is 0.317 e. The topological polar surface area (TPSA) is 97.1 Å². The lowest BCUT2D eigenvalue weighted by molar-refractivity contribution is -0.0564. The maximum atomic E-state index is 13.2. The van der Waals surface area contributed by atoms with E-state index in [1.807, 2.05) is 29.2 Å². The fourth-order valence-electron chi connectivity index (χ4n) is 5.32. The first-order valence-electron chi connectivity index (χ1n) is 12.8. The predicted molar refractivity (Wildman–Crippen MR) is 135 cm³/mol. The fraction of sp³-hybridized carbons (Fsp3) is 0.731. The number of hydrogen-bond donors (Lipinski definition) is 3. The Hall–Kier alpha value is -1.38. The molecule has 4 unspecified atom stereocenters. The third kappa shape index (κ3) is 7.56. The molecular weight excluding hydrogens is 454 g/mol. The summed E-state index contributed by atoms with van der Waals surface area (Å²) in [6, 6.07) is 7.27. The van der Waals surface area contributed by atoms with Gasteiger partial charge in [-0.3, -0.25) is 0 Å². The van der Waals surface area contributed by atoms with Crippen LogP contribution in [0.5, 0.6) is 0 Å². The monoisotopic (exact) mass is 495 g/mol.